The Bertz CT molecular complexity index is 422. The van der Waals surface area contributed by atoms with Gasteiger partial charge in [-0.25, -0.2) is 0 Å². The molecule has 1 heterocycles. The number of fused-ring (bicyclic) bond motifs is 1. The van der Waals surface area contributed by atoms with E-state index in [0.29, 0.717) is 5.75 Å². The number of hydrogen-bond acceptors (Lipinski definition) is 5. The van der Waals surface area contributed by atoms with Crippen molar-refractivity contribution < 1.29 is 19.1 Å². The monoisotopic (exact) mass is 238 g/mol. The van der Waals surface area contributed by atoms with E-state index in [0.717, 1.165) is 11.3 Å². The van der Waals surface area contributed by atoms with Gasteiger partial charge in [-0.1, -0.05) is 6.07 Å². The van der Waals surface area contributed by atoms with Crippen molar-refractivity contribution in [2.75, 3.05) is 13.4 Å². The minimum absolute atomic E-state index is 0.0798. The molecular weight excluding hydrogens is 224 g/mol. The summed E-state index contributed by atoms with van der Waals surface area (Å²) in [5.41, 5.74) is 8.65. The largest absolute Gasteiger partial charge is 0.454 e. The van der Waals surface area contributed by atoms with Gasteiger partial charge in [0.25, 0.3) is 0 Å². The number of primary amides is 1. The molecule has 1 atom stereocenters. The Hall–Kier alpha value is -1.79. The van der Waals surface area contributed by atoms with Gasteiger partial charge in [0.15, 0.2) is 11.5 Å². The van der Waals surface area contributed by atoms with Gasteiger partial charge in [0.1, 0.15) is 6.61 Å². The Morgan fingerprint density at radius 3 is 3.06 bits per heavy atom. The van der Waals surface area contributed by atoms with Gasteiger partial charge in [-0.15, -0.1) is 0 Å². The minimum atomic E-state index is -0.518. The molecule has 0 radical (unpaired) electrons. The number of benzene rings is 1. The number of carbonyl (C=O) groups is 1. The predicted octanol–water partition coefficient (Wildman–Crippen LogP) is 0.483. The number of nitrogens with one attached hydrogen (secondary N) is 1. The fourth-order valence-electron chi connectivity index (χ4n) is 1.49. The van der Waals surface area contributed by atoms with Crippen molar-refractivity contribution in [3.63, 3.8) is 0 Å². The van der Waals surface area contributed by atoms with Crippen molar-refractivity contribution in [3.05, 3.63) is 23.8 Å². The van der Waals surface area contributed by atoms with Crippen LogP contribution in [-0.4, -0.2) is 19.3 Å². The summed E-state index contributed by atoms with van der Waals surface area (Å²) in [7, 11) is 0. The molecule has 0 spiro atoms. The van der Waals surface area contributed by atoms with Crippen LogP contribution in [0.2, 0.25) is 0 Å². The van der Waals surface area contributed by atoms with Crippen LogP contribution in [0.25, 0.3) is 0 Å². The van der Waals surface area contributed by atoms with Gasteiger partial charge in [0.2, 0.25) is 12.7 Å². The topological polar surface area (TPSA) is 82.8 Å². The van der Waals surface area contributed by atoms with Crippen LogP contribution in [0.4, 0.5) is 0 Å². The molecule has 0 saturated carbocycles. The van der Waals surface area contributed by atoms with E-state index in [1.54, 1.807) is 0 Å². The second-order valence-corrected chi connectivity index (χ2v) is 3.71. The van der Waals surface area contributed by atoms with Crippen LogP contribution in [0.1, 0.15) is 18.5 Å². The van der Waals surface area contributed by atoms with Crippen molar-refractivity contribution >= 4 is 5.91 Å². The maximum atomic E-state index is 10.5. The summed E-state index contributed by atoms with van der Waals surface area (Å²) in [6.07, 6.45) is 0. The third-order valence-corrected chi connectivity index (χ3v) is 2.37. The van der Waals surface area contributed by atoms with Gasteiger partial charge in [-0.05, 0) is 24.6 Å². The van der Waals surface area contributed by atoms with E-state index in [-0.39, 0.29) is 19.4 Å². The number of hydroxylamine groups is 1. The number of carbonyl (C=O) groups excluding carboxylic acids is 1. The second kappa shape index (κ2) is 5.03. The lowest BCUT2D eigenvalue weighted by molar-refractivity contribution is -0.126. The summed E-state index contributed by atoms with van der Waals surface area (Å²) in [5.74, 6) is 0.931. The van der Waals surface area contributed by atoms with Crippen molar-refractivity contribution in [1.82, 2.24) is 5.48 Å². The molecule has 0 aromatic heterocycles. The highest BCUT2D eigenvalue weighted by atomic mass is 16.7. The highest BCUT2D eigenvalue weighted by Gasteiger charge is 2.15. The molecular formula is C11H14N2O4. The standard InChI is InChI=1S/C11H14N2O4/c1-7(13-17-5-11(12)14)8-2-3-9-10(4-8)16-6-15-9/h2-4,7,13H,5-6H2,1H3,(H2,12,14). The fraction of sp³-hybridized carbons (Fsp3) is 0.364. The lowest BCUT2D eigenvalue weighted by atomic mass is 10.1. The highest BCUT2D eigenvalue weighted by molar-refractivity contribution is 5.74. The summed E-state index contributed by atoms with van der Waals surface area (Å²) in [4.78, 5) is 15.4. The van der Waals surface area contributed by atoms with E-state index in [1.165, 1.54) is 0 Å². The Labute approximate surface area is 98.6 Å². The smallest absolute Gasteiger partial charge is 0.245 e. The quantitative estimate of drug-likeness (QED) is 0.729. The third kappa shape index (κ3) is 2.86. The van der Waals surface area contributed by atoms with E-state index < -0.39 is 5.91 Å². The summed E-state index contributed by atoms with van der Waals surface area (Å²) in [6.45, 7) is 1.99. The number of rotatable bonds is 5. The van der Waals surface area contributed by atoms with E-state index in [2.05, 4.69) is 5.48 Å². The number of amides is 1. The molecule has 92 valence electrons. The zero-order chi connectivity index (χ0) is 12.3. The third-order valence-electron chi connectivity index (χ3n) is 2.37. The molecule has 6 nitrogen and oxygen atoms in total. The molecule has 0 fully saturated rings. The summed E-state index contributed by atoms with van der Waals surface area (Å²) < 4.78 is 10.5. The Morgan fingerprint density at radius 1 is 1.53 bits per heavy atom. The SMILES string of the molecule is CC(NOCC(N)=O)c1ccc2c(c1)OCO2. The summed E-state index contributed by atoms with van der Waals surface area (Å²) >= 11 is 0. The number of nitrogens with two attached hydrogens (primary N) is 1. The highest BCUT2D eigenvalue weighted by Crippen LogP contribution is 2.33. The maximum Gasteiger partial charge on any atom is 0.245 e. The molecule has 1 unspecified atom stereocenters. The second-order valence-electron chi connectivity index (χ2n) is 3.71. The predicted molar refractivity (Wildman–Crippen MR) is 59.3 cm³/mol. The van der Waals surface area contributed by atoms with Crippen LogP contribution in [0, 0.1) is 0 Å². The van der Waals surface area contributed by atoms with Crippen molar-refractivity contribution in [2.24, 2.45) is 5.73 Å². The lowest BCUT2D eigenvalue weighted by Crippen LogP contribution is -2.26. The Balaban J connectivity index is 1.95. The molecule has 0 aliphatic carbocycles. The van der Waals surface area contributed by atoms with Crippen molar-refractivity contribution in [2.45, 2.75) is 13.0 Å². The molecule has 6 heteroatoms. The number of ether oxygens (including phenoxy) is 2. The van der Waals surface area contributed by atoms with Crippen molar-refractivity contribution in [3.8, 4) is 11.5 Å². The fourth-order valence-corrected chi connectivity index (χ4v) is 1.49. The first-order valence-electron chi connectivity index (χ1n) is 5.22. The molecule has 1 aromatic rings. The first kappa shape index (κ1) is 11.7. The number of hydrogen-bond donors (Lipinski definition) is 2. The van der Waals surface area contributed by atoms with E-state index in [9.17, 15) is 4.79 Å². The molecule has 3 N–H and O–H groups in total. The van der Waals surface area contributed by atoms with Crippen LogP contribution in [0.15, 0.2) is 18.2 Å². The van der Waals surface area contributed by atoms with E-state index in [4.69, 9.17) is 20.0 Å². The Morgan fingerprint density at radius 2 is 2.29 bits per heavy atom. The molecule has 1 aliphatic heterocycles. The zero-order valence-corrected chi connectivity index (χ0v) is 9.43. The Kier molecular flexibility index (Phi) is 3.46. The average Bonchev–Trinajstić information content (AvgIpc) is 2.75. The molecule has 1 aromatic carbocycles. The first-order chi connectivity index (χ1) is 8.16. The van der Waals surface area contributed by atoms with Gasteiger partial charge >= 0.3 is 0 Å². The van der Waals surface area contributed by atoms with E-state index >= 15 is 0 Å². The molecule has 2 rings (SSSR count). The van der Waals surface area contributed by atoms with Crippen LogP contribution >= 0.6 is 0 Å². The molecule has 1 amide bonds. The van der Waals surface area contributed by atoms with Crippen molar-refractivity contribution in [1.29, 1.82) is 0 Å². The summed E-state index contributed by atoms with van der Waals surface area (Å²) in [6, 6.07) is 5.53. The average molecular weight is 238 g/mol. The normalized spacial score (nSPS) is 14.6. The zero-order valence-electron chi connectivity index (χ0n) is 9.43. The van der Waals surface area contributed by atoms with Gasteiger partial charge in [0.05, 0.1) is 6.04 Å². The maximum absolute atomic E-state index is 10.5. The summed E-state index contributed by atoms with van der Waals surface area (Å²) in [5, 5.41) is 0. The van der Waals surface area contributed by atoms with Gasteiger partial charge < -0.3 is 15.2 Å². The molecule has 0 bridgehead atoms. The first-order valence-corrected chi connectivity index (χ1v) is 5.22. The lowest BCUT2D eigenvalue weighted by Gasteiger charge is -2.13. The van der Waals surface area contributed by atoms with Crippen LogP contribution in [0.3, 0.4) is 0 Å². The molecule has 1 aliphatic rings. The van der Waals surface area contributed by atoms with Crippen LogP contribution < -0.4 is 20.7 Å². The molecule has 0 saturated heterocycles. The van der Waals surface area contributed by atoms with Gasteiger partial charge in [-0.3, -0.25) is 9.63 Å². The minimum Gasteiger partial charge on any atom is -0.454 e. The van der Waals surface area contributed by atoms with Crippen LogP contribution in [0.5, 0.6) is 11.5 Å². The van der Waals surface area contributed by atoms with E-state index in [1.807, 2.05) is 25.1 Å². The van der Waals surface area contributed by atoms with Gasteiger partial charge in [-0.2, -0.15) is 5.48 Å². The van der Waals surface area contributed by atoms with Crippen LogP contribution in [-0.2, 0) is 9.63 Å². The van der Waals surface area contributed by atoms with Gasteiger partial charge in [0, 0.05) is 0 Å². The molecule has 17 heavy (non-hydrogen) atoms.